The molecule has 1 heterocycles. The Hall–Kier alpha value is -2.14. The third-order valence-corrected chi connectivity index (χ3v) is 4.11. The predicted octanol–water partition coefficient (Wildman–Crippen LogP) is 0.242. The van der Waals surface area contributed by atoms with Gasteiger partial charge in [-0.15, -0.1) is 0 Å². The number of aromatic nitrogens is 2. The third-order valence-electron chi connectivity index (χ3n) is 2.69. The van der Waals surface area contributed by atoms with E-state index in [1.807, 2.05) is 0 Å². The van der Waals surface area contributed by atoms with E-state index in [9.17, 15) is 8.42 Å². The van der Waals surface area contributed by atoms with E-state index in [-0.39, 0.29) is 18.0 Å². The van der Waals surface area contributed by atoms with Crippen LogP contribution in [-0.2, 0) is 23.6 Å². The van der Waals surface area contributed by atoms with Crippen molar-refractivity contribution < 1.29 is 13.5 Å². The summed E-state index contributed by atoms with van der Waals surface area (Å²) in [5.74, 6) is 5.21. The van der Waals surface area contributed by atoms with Gasteiger partial charge in [-0.2, -0.15) is 5.10 Å². The maximum atomic E-state index is 12.1. The molecule has 1 aromatic carbocycles. The van der Waals surface area contributed by atoms with E-state index >= 15 is 0 Å². The molecule has 0 saturated heterocycles. The lowest BCUT2D eigenvalue weighted by atomic mass is 10.2. The van der Waals surface area contributed by atoms with Crippen LogP contribution in [0.5, 0.6) is 0 Å². The molecule has 0 saturated carbocycles. The van der Waals surface area contributed by atoms with Crippen LogP contribution in [0.4, 0.5) is 0 Å². The Morgan fingerprint density at radius 2 is 2.00 bits per heavy atom. The average molecular weight is 305 g/mol. The average Bonchev–Trinajstić information content (AvgIpc) is 2.89. The van der Waals surface area contributed by atoms with Gasteiger partial charge in [-0.05, 0) is 30.3 Å². The van der Waals surface area contributed by atoms with Crippen molar-refractivity contribution in [2.45, 2.75) is 11.4 Å². The number of rotatable bonds is 4. The van der Waals surface area contributed by atoms with Crippen LogP contribution < -0.4 is 4.72 Å². The molecule has 0 amide bonds. The molecule has 0 aliphatic carbocycles. The Morgan fingerprint density at radius 1 is 1.29 bits per heavy atom. The van der Waals surface area contributed by atoms with E-state index in [1.54, 1.807) is 36.1 Å². The molecule has 0 radical (unpaired) electrons. The van der Waals surface area contributed by atoms with Crippen LogP contribution in [-0.4, -0.2) is 29.9 Å². The van der Waals surface area contributed by atoms with Gasteiger partial charge < -0.3 is 5.11 Å². The Balaban J connectivity index is 2.08. The number of nitrogens with zero attached hydrogens (tertiary/aromatic N) is 2. The van der Waals surface area contributed by atoms with Crippen LogP contribution in [0, 0.1) is 11.8 Å². The van der Waals surface area contributed by atoms with Gasteiger partial charge in [0.25, 0.3) is 0 Å². The highest BCUT2D eigenvalue weighted by atomic mass is 32.2. The van der Waals surface area contributed by atoms with Crippen LogP contribution >= 0.6 is 0 Å². The first-order chi connectivity index (χ1) is 10.0. The van der Waals surface area contributed by atoms with E-state index in [4.69, 9.17) is 5.11 Å². The van der Waals surface area contributed by atoms with E-state index in [0.29, 0.717) is 11.3 Å². The summed E-state index contributed by atoms with van der Waals surface area (Å²) in [4.78, 5) is 0.160. The minimum absolute atomic E-state index is 0.134. The van der Waals surface area contributed by atoms with Crippen molar-refractivity contribution in [1.82, 2.24) is 14.5 Å². The van der Waals surface area contributed by atoms with Crippen LogP contribution in [0.1, 0.15) is 11.3 Å². The van der Waals surface area contributed by atoms with Gasteiger partial charge in [0.05, 0.1) is 17.1 Å². The molecule has 6 nitrogen and oxygen atoms in total. The molecular formula is C14H15N3O3S. The molecule has 0 aliphatic rings. The second-order valence-electron chi connectivity index (χ2n) is 4.29. The van der Waals surface area contributed by atoms with E-state index in [2.05, 4.69) is 21.7 Å². The first-order valence-corrected chi connectivity index (χ1v) is 7.67. The SMILES string of the molecule is Cn1ccc(CNS(=O)(=O)c2ccc(C#CCO)cc2)n1. The molecule has 2 N–H and O–H groups in total. The molecule has 0 spiro atoms. The quantitative estimate of drug-likeness (QED) is 0.793. The fraction of sp³-hybridized carbons (Fsp3) is 0.214. The van der Waals surface area contributed by atoms with E-state index in [0.717, 1.165) is 0 Å². The van der Waals surface area contributed by atoms with Crippen molar-refractivity contribution in [3.63, 3.8) is 0 Å². The number of hydrogen-bond donors (Lipinski definition) is 2. The lowest BCUT2D eigenvalue weighted by Gasteiger charge is -2.05. The lowest BCUT2D eigenvalue weighted by Crippen LogP contribution is -2.23. The summed E-state index contributed by atoms with van der Waals surface area (Å²) in [7, 11) is -1.82. The Morgan fingerprint density at radius 3 is 2.57 bits per heavy atom. The molecule has 1 aromatic heterocycles. The van der Waals surface area contributed by atoms with Gasteiger partial charge in [-0.1, -0.05) is 11.8 Å². The van der Waals surface area contributed by atoms with E-state index < -0.39 is 10.0 Å². The maximum absolute atomic E-state index is 12.1. The van der Waals surface area contributed by atoms with Crippen molar-refractivity contribution in [3.8, 4) is 11.8 Å². The molecule has 0 aliphatic heterocycles. The molecule has 7 heteroatoms. The van der Waals surface area contributed by atoms with Crippen LogP contribution in [0.3, 0.4) is 0 Å². The fourth-order valence-electron chi connectivity index (χ4n) is 1.67. The number of aliphatic hydroxyl groups excluding tert-OH is 1. The molecule has 2 aromatic rings. The standard InChI is InChI=1S/C14H15N3O3S/c1-17-9-8-13(16-17)11-15-21(19,20)14-6-4-12(5-7-14)3-2-10-18/h4-9,15,18H,10-11H2,1H3. The summed E-state index contributed by atoms with van der Waals surface area (Å²) in [6, 6.07) is 7.89. The van der Waals surface area contributed by atoms with Crippen LogP contribution in [0.15, 0.2) is 41.4 Å². The summed E-state index contributed by atoms with van der Waals surface area (Å²) >= 11 is 0. The fourth-order valence-corrected chi connectivity index (χ4v) is 2.67. The highest BCUT2D eigenvalue weighted by Crippen LogP contribution is 2.10. The summed E-state index contributed by atoms with van der Waals surface area (Å²) in [5, 5.41) is 12.7. The summed E-state index contributed by atoms with van der Waals surface area (Å²) in [6.45, 7) is -0.0963. The predicted molar refractivity (Wildman–Crippen MR) is 77.6 cm³/mol. The minimum Gasteiger partial charge on any atom is -0.384 e. The molecule has 2 rings (SSSR count). The number of sulfonamides is 1. The molecule has 0 unspecified atom stereocenters. The molecule has 110 valence electrons. The first-order valence-electron chi connectivity index (χ1n) is 6.19. The van der Waals surface area contributed by atoms with Gasteiger partial charge in [0, 0.05) is 18.8 Å². The van der Waals surface area contributed by atoms with Gasteiger partial charge in [0.15, 0.2) is 0 Å². The number of aliphatic hydroxyl groups is 1. The van der Waals surface area contributed by atoms with Crippen molar-refractivity contribution in [2.75, 3.05) is 6.61 Å². The van der Waals surface area contributed by atoms with Crippen molar-refractivity contribution >= 4 is 10.0 Å². The first kappa shape index (κ1) is 15.3. The summed E-state index contributed by atoms with van der Waals surface area (Å²) in [5.41, 5.74) is 1.29. The zero-order valence-electron chi connectivity index (χ0n) is 11.4. The van der Waals surface area contributed by atoms with Crippen molar-refractivity contribution in [3.05, 3.63) is 47.8 Å². The Kier molecular flexibility index (Phi) is 4.75. The lowest BCUT2D eigenvalue weighted by molar-refractivity contribution is 0.350. The summed E-state index contributed by atoms with van der Waals surface area (Å²) < 4.78 is 28.3. The van der Waals surface area contributed by atoms with Gasteiger partial charge >= 0.3 is 0 Å². The van der Waals surface area contributed by atoms with Crippen LogP contribution in [0.2, 0.25) is 0 Å². The van der Waals surface area contributed by atoms with Crippen molar-refractivity contribution in [1.29, 1.82) is 0 Å². The number of hydrogen-bond acceptors (Lipinski definition) is 4. The highest BCUT2D eigenvalue weighted by Gasteiger charge is 2.13. The normalized spacial score (nSPS) is 11.0. The maximum Gasteiger partial charge on any atom is 0.240 e. The Labute approximate surface area is 123 Å². The summed E-state index contributed by atoms with van der Waals surface area (Å²) in [6.07, 6.45) is 1.75. The van der Waals surface area contributed by atoms with Gasteiger partial charge in [-0.25, -0.2) is 13.1 Å². The van der Waals surface area contributed by atoms with E-state index in [1.165, 1.54) is 12.1 Å². The molecule has 0 fully saturated rings. The second-order valence-corrected chi connectivity index (χ2v) is 6.06. The van der Waals surface area contributed by atoms with Gasteiger partial charge in [0.2, 0.25) is 10.0 Å². The van der Waals surface area contributed by atoms with Crippen LogP contribution in [0.25, 0.3) is 0 Å². The molecule has 0 bridgehead atoms. The third kappa shape index (κ3) is 4.16. The number of benzene rings is 1. The molecular weight excluding hydrogens is 290 g/mol. The zero-order valence-corrected chi connectivity index (χ0v) is 12.3. The highest BCUT2D eigenvalue weighted by molar-refractivity contribution is 7.89. The molecule has 21 heavy (non-hydrogen) atoms. The minimum atomic E-state index is -3.58. The van der Waals surface area contributed by atoms with Gasteiger partial charge in [0.1, 0.15) is 6.61 Å². The zero-order chi connectivity index (χ0) is 15.3. The largest absolute Gasteiger partial charge is 0.384 e. The van der Waals surface area contributed by atoms with Gasteiger partial charge in [-0.3, -0.25) is 4.68 Å². The topological polar surface area (TPSA) is 84.2 Å². The monoisotopic (exact) mass is 305 g/mol. The molecule has 0 atom stereocenters. The number of aryl methyl sites for hydroxylation is 1. The van der Waals surface area contributed by atoms with Crippen molar-refractivity contribution in [2.24, 2.45) is 7.05 Å². The Bertz CT molecular complexity index is 768. The number of nitrogens with one attached hydrogen (secondary N) is 1. The second kappa shape index (κ2) is 6.54. The smallest absolute Gasteiger partial charge is 0.240 e.